The summed E-state index contributed by atoms with van der Waals surface area (Å²) in [5, 5.41) is 11.8. The molecular weight excluding hydrogens is 406 g/mol. The van der Waals surface area contributed by atoms with Crippen LogP contribution < -0.4 is 0 Å². The molecule has 6 nitrogen and oxygen atoms in total. The lowest BCUT2D eigenvalue weighted by Gasteiger charge is -2.65. The normalized spacial score (nSPS) is 55.0. The summed E-state index contributed by atoms with van der Waals surface area (Å²) in [6.45, 7) is 14.1. The second-order valence-electron chi connectivity index (χ2n) is 12.0. The molecule has 5 saturated carbocycles. The molecule has 1 saturated heterocycles. The van der Waals surface area contributed by atoms with E-state index in [1.54, 1.807) is 0 Å². The van der Waals surface area contributed by atoms with Gasteiger partial charge in [0.25, 0.3) is 0 Å². The largest absolute Gasteiger partial charge is 0.462 e. The minimum atomic E-state index is -0.365. The fourth-order valence-corrected chi connectivity index (χ4v) is 10.6. The number of nitrogens with zero attached hydrogens (tertiary/aromatic N) is 1. The number of rotatable bonds is 3. The van der Waals surface area contributed by atoms with Gasteiger partial charge in [0.1, 0.15) is 12.2 Å². The molecule has 6 aliphatic rings. The molecular formula is C26H37NO5. The van der Waals surface area contributed by atoms with Gasteiger partial charge in [0.05, 0.1) is 6.10 Å². The molecule has 6 rings (SSSR count). The summed E-state index contributed by atoms with van der Waals surface area (Å²) in [6, 6.07) is 0.298. The minimum Gasteiger partial charge on any atom is -0.462 e. The Kier molecular flexibility index (Phi) is 4.22. The molecule has 11 atom stereocenters. The van der Waals surface area contributed by atoms with Gasteiger partial charge in [-0.2, -0.15) is 0 Å². The SMILES string of the molecule is C=C1[C@H]2C[C@]3([C@@H]1OC(C)=O)[C@H]1C[C@@H]4[C@@]5(C)CC[C@H](O)[C@@]4([C@@H]1N(CC)C5)[C@H]3C[C@@H]2OC(C)=O. The van der Waals surface area contributed by atoms with Crippen LogP contribution in [0.15, 0.2) is 12.2 Å². The molecule has 2 spiro atoms. The van der Waals surface area contributed by atoms with Gasteiger partial charge in [-0.1, -0.05) is 20.4 Å². The summed E-state index contributed by atoms with van der Waals surface area (Å²) in [7, 11) is 0. The van der Waals surface area contributed by atoms with Crippen LogP contribution in [0.2, 0.25) is 0 Å². The fraction of sp³-hybridized carbons (Fsp3) is 0.846. The highest BCUT2D eigenvalue weighted by Gasteiger charge is 2.85. The van der Waals surface area contributed by atoms with Gasteiger partial charge in [0.15, 0.2) is 0 Å². The lowest BCUT2D eigenvalue weighted by atomic mass is 9.43. The Hall–Kier alpha value is -1.40. The van der Waals surface area contributed by atoms with Crippen molar-refractivity contribution in [3.8, 4) is 0 Å². The van der Waals surface area contributed by atoms with Crippen molar-refractivity contribution >= 4 is 11.9 Å². The molecule has 6 fully saturated rings. The first kappa shape index (κ1) is 21.2. The van der Waals surface area contributed by atoms with Gasteiger partial charge in [0.2, 0.25) is 0 Å². The number of aliphatic hydroxyl groups excluding tert-OH is 1. The number of aliphatic hydroxyl groups is 1. The first-order chi connectivity index (χ1) is 15.1. The Morgan fingerprint density at radius 3 is 2.56 bits per heavy atom. The van der Waals surface area contributed by atoms with E-state index >= 15 is 0 Å². The van der Waals surface area contributed by atoms with Crippen LogP contribution in [0.4, 0.5) is 0 Å². The number of hydrogen-bond donors (Lipinski definition) is 1. The zero-order valence-electron chi connectivity index (χ0n) is 19.8. The van der Waals surface area contributed by atoms with Gasteiger partial charge in [-0.15, -0.1) is 0 Å². The Bertz CT molecular complexity index is 903. The van der Waals surface area contributed by atoms with Gasteiger partial charge >= 0.3 is 11.9 Å². The number of piperidine rings is 1. The zero-order chi connectivity index (χ0) is 22.8. The van der Waals surface area contributed by atoms with E-state index in [-0.39, 0.29) is 58.3 Å². The highest BCUT2D eigenvalue weighted by Crippen LogP contribution is 2.83. The number of carbonyl (C=O) groups is 2. The Morgan fingerprint density at radius 2 is 1.91 bits per heavy atom. The van der Waals surface area contributed by atoms with E-state index in [4.69, 9.17) is 9.47 Å². The topological polar surface area (TPSA) is 76.1 Å². The number of carbonyl (C=O) groups excluding carboxylic acids is 2. The second-order valence-corrected chi connectivity index (χ2v) is 12.0. The van der Waals surface area contributed by atoms with Crippen molar-refractivity contribution in [1.29, 1.82) is 0 Å². The number of hydrogen-bond acceptors (Lipinski definition) is 6. The van der Waals surface area contributed by atoms with Crippen molar-refractivity contribution in [3.05, 3.63) is 12.2 Å². The summed E-state index contributed by atoms with van der Waals surface area (Å²) in [5.74, 6) is 0.487. The fourth-order valence-electron chi connectivity index (χ4n) is 10.6. The average Bonchev–Trinajstić information content (AvgIpc) is 3.25. The molecule has 0 amide bonds. The van der Waals surface area contributed by atoms with Crippen molar-refractivity contribution in [1.82, 2.24) is 4.90 Å². The number of ether oxygens (including phenoxy) is 2. The van der Waals surface area contributed by atoms with Crippen LogP contribution in [0.25, 0.3) is 0 Å². The van der Waals surface area contributed by atoms with Crippen molar-refractivity contribution < 1.29 is 24.2 Å². The maximum atomic E-state index is 12.3. The van der Waals surface area contributed by atoms with E-state index < -0.39 is 0 Å². The van der Waals surface area contributed by atoms with E-state index in [0.29, 0.717) is 17.9 Å². The van der Waals surface area contributed by atoms with E-state index in [9.17, 15) is 14.7 Å². The molecule has 176 valence electrons. The predicted octanol–water partition coefficient (Wildman–Crippen LogP) is 2.93. The van der Waals surface area contributed by atoms with Gasteiger partial charge in [0, 0.05) is 43.2 Å². The van der Waals surface area contributed by atoms with E-state index in [2.05, 4.69) is 25.3 Å². The van der Waals surface area contributed by atoms with Crippen molar-refractivity contribution in [2.75, 3.05) is 13.1 Å². The van der Waals surface area contributed by atoms with Crippen LogP contribution in [-0.2, 0) is 19.1 Å². The van der Waals surface area contributed by atoms with Crippen LogP contribution in [0.3, 0.4) is 0 Å². The molecule has 0 aromatic rings. The van der Waals surface area contributed by atoms with Crippen LogP contribution in [0, 0.1) is 39.9 Å². The van der Waals surface area contributed by atoms with Crippen LogP contribution in [0.5, 0.6) is 0 Å². The van der Waals surface area contributed by atoms with Gasteiger partial charge in [-0.05, 0) is 67.4 Å². The maximum absolute atomic E-state index is 12.3. The first-order valence-corrected chi connectivity index (χ1v) is 12.6. The molecule has 0 radical (unpaired) electrons. The lowest BCUT2D eigenvalue weighted by molar-refractivity contribution is -0.222. The third-order valence-corrected chi connectivity index (χ3v) is 11.1. The maximum Gasteiger partial charge on any atom is 0.303 e. The zero-order valence-corrected chi connectivity index (χ0v) is 19.8. The molecule has 6 heteroatoms. The molecule has 0 aromatic carbocycles. The van der Waals surface area contributed by atoms with Gasteiger partial charge in [-0.3, -0.25) is 14.5 Å². The highest BCUT2D eigenvalue weighted by molar-refractivity contribution is 5.67. The van der Waals surface area contributed by atoms with E-state index in [1.165, 1.54) is 13.8 Å². The quantitative estimate of drug-likeness (QED) is 0.534. The molecule has 0 aromatic heterocycles. The van der Waals surface area contributed by atoms with Crippen molar-refractivity contribution in [2.45, 2.75) is 84.2 Å². The summed E-state index contributed by atoms with van der Waals surface area (Å²) < 4.78 is 12.0. The smallest absolute Gasteiger partial charge is 0.303 e. The van der Waals surface area contributed by atoms with Crippen LogP contribution in [-0.4, -0.2) is 59.4 Å². The van der Waals surface area contributed by atoms with Crippen LogP contribution in [0.1, 0.15) is 59.8 Å². The molecule has 5 aliphatic carbocycles. The third-order valence-electron chi connectivity index (χ3n) is 11.1. The second kappa shape index (κ2) is 6.38. The number of likely N-dealkylation sites (tertiary alicyclic amines) is 1. The molecule has 0 unspecified atom stereocenters. The Balaban J connectivity index is 1.56. The lowest BCUT2D eigenvalue weighted by Crippen LogP contribution is -2.68. The summed E-state index contributed by atoms with van der Waals surface area (Å²) in [6.07, 6.45) is 3.63. The standard InChI is InChI=1S/C26H37NO5/c1-6-27-12-24(5)8-7-21(30)26-19(24)9-17(22(26)27)25-11-16(13(2)23(25)32-15(4)29)18(10-20(25)26)31-14(3)28/h16-23,30H,2,6-12H2,1,3-5H3/t16-,17+,18+,19-,20+,21+,22-,23-,24+,25+,26+/m1/s1. The Labute approximate surface area is 190 Å². The van der Waals surface area contributed by atoms with E-state index in [1.807, 2.05) is 0 Å². The molecule has 1 heterocycles. The van der Waals surface area contributed by atoms with Crippen molar-refractivity contribution in [2.24, 2.45) is 39.9 Å². The monoisotopic (exact) mass is 443 g/mol. The number of esters is 2. The molecule has 1 N–H and O–H groups in total. The number of fused-ring (bicyclic) bond motifs is 1. The van der Waals surface area contributed by atoms with Crippen molar-refractivity contribution in [3.63, 3.8) is 0 Å². The summed E-state index contributed by atoms with van der Waals surface area (Å²) >= 11 is 0. The highest BCUT2D eigenvalue weighted by atomic mass is 16.6. The third kappa shape index (κ3) is 2.15. The first-order valence-electron chi connectivity index (χ1n) is 12.6. The molecule has 1 aliphatic heterocycles. The predicted molar refractivity (Wildman–Crippen MR) is 117 cm³/mol. The molecule has 32 heavy (non-hydrogen) atoms. The summed E-state index contributed by atoms with van der Waals surface area (Å²) in [5.41, 5.74) is 0.687. The Morgan fingerprint density at radius 1 is 1.19 bits per heavy atom. The van der Waals surface area contributed by atoms with E-state index in [0.717, 1.165) is 50.8 Å². The van der Waals surface area contributed by atoms with Gasteiger partial charge in [-0.25, -0.2) is 0 Å². The molecule has 7 bridgehead atoms. The van der Waals surface area contributed by atoms with Crippen LogP contribution >= 0.6 is 0 Å². The summed E-state index contributed by atoms with van der Waals surface area (Å²) in [4.78, 5) is 26.9. The average molecular weight is 444 g/mol. The van der Waals surface area contributed by atoms with Gasteiger partial charge < -0.3 is 14.6 Å². The minimum absolute atomic E-state index is 0.0253.